The van der Waals surface area contributed by atoms with Gasteiger partial charge in [0, 0.05) is 16.9 Å². The smallest absolute Gasteiger partial charge is 0.206 e. The molecule has 0 N–H and O–H groups in total. The predicted octanol–water partition coefficient (Wildman–Crippen LogP) is 7.31. The number of halogens is 8. The molecule has 0 unspecified atom stereocenters. The third kappa shape index (κ3) is 4.40. The van der Waals surface area contributed by atoms with Gasteiger partial charge in [-0.15, -0.1) is 0 Å². The number of hydrogen-bond acceptors (Lipinski definition) is 0. The van der Waals surface area contributed by atoms with Gasteiger partial charge in [-0.05, 0) is 42.0 Å². The van der Waals surface area contributed by atoms with Gasteiger partial charge in [0.1, 0.15) is 23.3 Å². The molecule has 0 atom stereocenters. The van der Waals surface area contributed by atoms with Crippen LogP contribution in [0.25, 0.3) is 21.5 Å². The zero-order chi connectivity index (χ0) is 24.8. The zero-order valence-corrected chi connectivity index (χ0v) is 17.1. The molecular formula is C26H10F8. The lowest BCUT2D eigenvalue weighted by atomic mass is 10.0. The highest BCUT2D eigenvalue weighted by molar-refractivity contribution is 5.87. The maximum absolute atomic E-state index is 14.8. The highest BCUT2D eigenvalue weighted by Crippen LogP contribution is 2.28. The molecule has 0 aliphatic heterocycles. The molecule has 0 fully saturated rings. The number of aryl methyl sites for hydroxylation is 1. The van der Waals surface area contributed by atoms with Gasteiger partial charge in [-0.25, -0.2) is 22.0 Å². The first-order valence-electron chi connectivity index (χ1n) is 9.56. The third-order valence-electron chi connectivity index (χ3n) is 4.93. The van der Waals surface area contributed by atoms with Gasteiger partial charge in [-0.3, -0.25) is 0 Å². The molecule has 0 saturated carbocycles. The van der Waals surface area contributed by atoms with Gasteiger partial charge in [0.25, 0.3) is 0 Å². The molecule has 0 aliphatic rings. The van der Waals surface area contributed by atoms with Crippen molar-refractivity contribution >= 4 is 21.5 Å². The molecule has 0 radical (unpaired) electrons. The number of rotatable bonds is 0. The van der Waals surface area contributed by atoms with E-state index in [9.17, 15) is 35.1 Å². The first kappa shape index (κ1) is 23.1. The lowest BCUT2D eigenvalue weighted by Crippen LogP contribution is -2.03. The van der Waals surface area contributed by atoms with Crippen molar-refractivity contribution in [3.63, 3.8) is 0 Å². The summed E-state index contributed by atoms with van der Waals surface area (Å²) >= 11 is 0. The van der Waals surface area contributed by atoms with Crippen LogP contribution in [0.3, 0.4) is 0 Å². The van der Waals surface area contributed by atoms with Crippen LogP contribution in [0.15, 0.2) is 42.5 Å². The Morgan fingerprint density at radius 3 is 1.97 bits per heavy atom. The topological polar surface area (TPSA) is 0 Å². The van der Waals surface area contributed by atoms with Gasteiger partial charge >= 0.3 is 6.18 Å². The Hall–Kier alpha value is -4.04. The Morgan fingerprint density at radius 1 is 0.647 bits per heavy atom. The quantitative estimate of drug-likeness (QED) is 0.185. The molecule has 0 aromatic heterocycles. The van der Waals surface area contributed by atoms with E-state index in [4.69, 9.17) is 0 Å². The van der Waals surface area contributed by atoms with Crippen LogP contribution in [0.1, 0.15) is 22.3 Å². The average molecular weight is 474 g/mol. The molecule has 0 heterocycles. The monoisotopic (exact) mass is 474 g/mol. The van der Waals surface area contributed by atoms with Crippen molar-refractivity contribution in [2.24, 2.45) is 0 Å². The molecule has 4 aromatic rings. The minimum absolute atomic E-state index is 0.123. The average Bonchev–Trinajstić information content (AvgIpc) is 2.71. The molecule has 34 heavy (non-hydrogen) atoms. The minimum Gasteiger partial charge on any atom is -0.206 e. The van der Waals surface area contributed by atoms with E-state index in [-0.39, 0.29) is 16.3 Å². The van der Waals surface area contributed by atoms with Gasteiger partial charge in [-0.2, -0.15) is 13.2 Å². The summed E-state index contributed by atoms with van der Waals surface area (Å²) in [4.78, 5) is 0. The fraction of sp³-hybridized carbons (Fsp3) is 0.0769. The number of fused-ring (bicyclic) bond motifs is 2. The second kappa shape index (κ2) is 8.39. The van der Waals surface area contributed by atoms with Crippen LogP contribution in [-0.4, -0.2) is 6.18 Å². The molecule has 0 saturated heterocycles. The molecular weight excluding hydrogens is 464 g/mol. The molecule has 4 aromatic carbocycles. The van der Waals surface area contributed by atoms with Crippen molar-refractivity contribution in [1.29, 1.82) is 0 Å². The largest absolute Gasteiger partial charge is 0.458 e. The summed E-state index contributed by atoms with van der Waals surface area (Å²) in [6.07, 6.45) is -5.00. The van der Waals surface area contributed by atoms with E-state index in [1.807, 2.05) is 0 Å². The first-order valence-corrected chi connectivity index (χ1v) is 9.56. The second-order valence-corrected chi connectivity index (χ2v) is 7.37. The SMILES string of the molecule is Cc1ccc2c(F)c(C#Cc3cc(F)c4c(F)c(C#CC(F)(F)F)c(F)cc4c3)c(F)cc2c1. The predicted molar refractivity (Wildman–Crippen MR) is 111 cm³/mol. The fourth-order valence-electron chi connectivity index (χ4n) is 3.43. The van der Waals surface area contributed by atoms with Crippen LogP contribution < -0.4 is 0 Å². The number of benzene rings is 4. The standard InChI is InChI=1S/C26H10F8/c1-13-2-4-17-15(8-13)11-20(27)18(24(17)30)5-3-14-9-16-12-21(28)19(6-7-26(32,33)34)25(31)23(16)22(29)10-14/h2,4,8-12H,1H3. The fourth-order valence-corrected chi connectivity index (χ4v) is 3.43. The third-order valence-corrected chi connectivity index (χ3v) is 4.93. The van der Waals surface area contributed by atoms with E-state index >= 15 is 0 Å². The van der Waals surface area contributed by atoms with Crippen molar-refractivity contribution in [3.05, 3.63) is 93.8 Å². The van der Waals surface area contributed by atoms with Gasteiger partial charge in [0.15, 0.2) is 5.82 Å². The van der Waals surface area contributed by atoms with Crippen LogP contribution in [0, 0.1) is 59.7 Å². The molecule has 4 rings (SSSR count). The Morgan fingerprint density at radius 2 is 1.29 bits per heavy atom. The van der Waals surface area contributed by atoms with Crippen LogP contribution in [0.4, 0.5) is 35.1 Å². The van der Waals surface area contributed by atoms with Crippen molar-refractivity contribution in [1.82, 2.24) is 0 Å². The summed E-state index contributed by atoms with van der Waals surface area (Å²) in [6.45, 7) is 1.76. The summed E-state index contributed by atoms with van der Waals surface area (Å²) in [7, 11) is 0. The Kier molecular flexibility index (Phi) is 5.70. The number of alkyl halides is 3. The maximum atomic E-state index is 14.8. The van der Waals surface area contributed by atoms with E-state index in [1.165, 1.54) is 12.0 Å². The minimum atomic E-state index is -5.00. The molecule has 170 valence electrons. The molecule has 0 nitrogen and oxygen atoms in total. The van der Waals surface area contributed by atoms with E-state index in [0.29, 0.717) is 11.5 Å². The summed E-state index contributed by atoms with van der Waals surface area (Å²) in [6, 6.07) is 8.15. The summed E-state index contributed by atoms with van der Waals surface area (Å²) in [5, 5.41) is -0.700. The van der Waals surface area contributed by atoms with Crippen LogP contribution in [0.2, 0.25) is 0 Å². The van der Waals surface area contributed by atoms with Crippen molar-refractivity contribution < 1.29 is 35.1 Å². The molecule has 0 aliphatic carbocycles. The zero-order valence-electron chi connectivity index (χ0n) is 17.1. The van der Waals surface area contributed by atoms with E-state index in [0.717, 1.165) is 29.7 Å². The van der Waals surface area contributed by atoms with E-state index < -0.39 is 51.8 Å². The van der Waals surface area contributed by atoms with Gasteiger partial charge < -0.3 is 0 Å². The molecule has 0 spiro atoms. The van der Waals surface area contributed by atoms with Crippen LogP contribution >= 0.6 is 0 Å². The molecule has 8 heteroatoms. The normalized spacial score (nSPS) is 11.2. The number of hydrogen-bond donors (Lipinski definition) is 0. The summed E-state index contributed by atoms with van der Waals surface area (Å²) in [5.74, 6) is 0.520. The second-order valence-electron chi connectivity index (χ2n) is 7.37. The lowest BCUT2D eigenvalue weighted by Gasteiger charge is -2.06. The Labute approximate surface area is 187 Å². The van der Waals surface area contributed by atoms with E-state index in [2.05, 4.69) is 11.8 Å². The van der Waals surface area contributed by atoms with Crippen LogP contribution in [-0.2, 0) is 0 Å². The lowest BCUT2D eigenvalue weighted by molar-refractivity contribution is -0.0696. The van der Waals surface area contributed by atoms with Crippen molar-refractivity contribution in [3.8, 4) is 23.7 Å². The maximum Gasteiger partial charge on any atom is 0.458 e. The van der Waals surface area contributed by atoms with Gasteiger partial charge in [0.2, 0.25) is 0 Å². The summed E-state index contributed by atoms with van der Waals surface area (Å²) in [5.41, 5.74) is -1.19. The van der Waals surface area contributed by atoms with Crippen LogP contribution in [0.5, 0.6) is 0 Å². The highest BCUT2D eigenvalue weighted by Gasteiger charge is 2.24. The molecule has 0 bridgehead atoms. The van der Waals surface area contributed by atoms with Gasteiger partial charge in [-0.1, -0.05) is 41.5 Å². The Bertz CT molecular complexity index is 1610. The highest BCUT2D eigenvalue weighted by atomic mass is 19.4. The molecule has 0 amide bonds. The van der Waals surface area contributed by atoms with Crippen molar-refractivity contribution in [2.45, 2.75) is 13.1 Å². The Balaban J connectivity index is 1.83. The van der Waals surface area contributed by atoms with E-state index in [1.54, 1.807) is 19.1 Å². The van der Waals surface area contributed by atoms with Crippen molar-refractivity contribution in [2.75, 3.05) is 0 Å². The van der Waals surface area contributed by atoms with Gasteiger partial charge in [0.05, 0.1) is 16.5 Å². The summed E-state index contributed by atoms with van der Waals surface area (Å²) < 4.78 is 109. The first-order chi connectivity index (χ1) is 15.9.